The van der Waals surface area contributed by atoms with E-state index < -0.39 is 15.8 Å². The predicted molar refractivity (Wildman–Crippen MR) is 198 cm³/mol. The zero-order chi connectivity index (χ0) is 44.4. The standard InChI is InChI=1S/2C17H14P.10CO.4Fe/c2*1-3-9-15(10-4-1)18(17-13-7-8-14-17)16-11-5-2-6-12-16;10*1-2;;;;/h2*1-14H;;;;;;;;;;;;;;/q;;;;;;;;;;;;;;;+2. The van der Waals surface area contributed by atoms with Gasteiger partial charge in [-0.05, 0) is 88.4 Å². The number of benzene rings is 4. The van der Waals surface area contributed by atoms with E-state index in [1.165, 1.54) is 32.5 Å². The molecule has 304 valence electrons. The predicted octanol–water partition coefficient (Wildman–Crippen LogP) is 6.58. The molecule has 0 spiro atoms. The van der Waals surface area contributed by atoms with Gasteiger partial charge in [-0.2, -0.15) is 0 Å². The molecule has 16 heteroatoms. The van der Waals surface area contributed by atoms with Crippen molar-refractivity contribution >= 4 is 37.1 Å². The molecule has 0 unspecified atom stereocenters. The molecular formula is C44H28Fe4O10P2+2. The van der Waals surface area contributed by atoms with Crippen LogP contribution < -0.4 is 21.2 Å². The van der Waals surface area contributed by atoms with E-state index in [1.54, 1.807) is 0 Å². The van der Waals surface area contributed by atoms with E-state index in [9.17, 15) is 0 Å². The molecule has 0 atom stereocenters. The van der Waals surface area contributed by atoms with Crippen molar-refractivity contribution in [2.75, 3.05) is 0 Å². The van der Waals surface area contributed by atoms with E-state index in [0.717, 1.165) is 0 Å². The van der Waals surface area contributed by atoms with Gasteiger partial charge in [-0.3, -0.25) is 0 Å². The van der Waals surface area contributed by atoms with Crippen molar-refractivity contribution in [2.24, 2.45) is 0 Å². The van der Waals surface area contributed by atoms with Crippen LogP contribution in [0.4, 0.5) is 0 Å². The fourth-order valence-electron chi connectivity index (χ4n) is 4.23. The summed E-state index contributed by atoms with van der Waals surface area (Å²) < 4.78 is 75.0. The zero-order valence-corrected chi connectivity index (χ0v) is 36.8. The molecule has 0 amide bonds. The fraction of sp³-hybridized carbons (Fsp3) is 0. The summed E-state index contributed by atoms with van der Waals surface area (Å²) in [5, 5.41) is 5.63. The van der Waals surface area contributed by atoms with E-state index in [2.05, 4.69) is 239 Å². The summed E-state index contributed by atoms with van der Waals surface area (Å²) in [6.07, 6.45) is 17.4. The Balaban J connectivity index is -0.0000000703. The van der Waals surface area contributed by atoms with Gasteiger partial charge in [0, 0.05) is 62.5 Å². The first kappa shape index (κ1) is 81.1. The van der Waals surface area contributed by atoms with Gasteiger partial charge in [-0.1, -0.05) is 121 Å². The number of hydrogen-bond acceptors (Lipinski definition) is 0. The molecule has 0 aliphatic heterocycles. The third-order valence-corrected chi connectivity index (χ3v) is 10.8. The van der Waals surface area contributed by atoms with Gasteiger partial charge >= 0.3 is 130 Å². The van der Waals surface area contributed by atoms with Gasteiger partial charge in [0.15, 0.2) is 0 Å². The van der Waals surface area contributed by atoms with E-state index in [-0.39, 0.29) is 68.3 Å². The van der Waals surface area contributed by atoms with Crippen molar-refractivity contribution in [3.05, 3.63) is 251 Å². The average Bonchev–Trinajstić information content (AvgIpc) is 4.09. The van der Waals surface area contributed by atoms with Crippen LogP contribution in [0, 0.1) is 129 Å². The zero-order valence-electron chi connectivity index (χ0n) is 30.6. The first-order chi connectivity index (χ1) is 27.9. The maximum absolute atomic E-state index is 7.50. The van der Waals surface area contributed by atoms with Crippen LogP contribution in [0.1, 0.15) is 0 Å². The molecule has 0 saturated heterocycles. The molecule has 2 aliphatic carbocycles. The third kappa shape index (κ3) is 35.9. The molecule has 4 aromatic rings. The molecule has 10 nitrogen and oxygen atoms in total. The Morgan fingerprint density at radius 3 is 0.517 bits per heavy atom. The quantitative estimate of drug-likeness (QED) is 0.0872. The summed E-state index contributed by atoms with van der Waals surface area (Å²) in [5.74, 6) is 0. The Morgan fingerprint density at radius 1 is 0.250 bits per heavy atom. The number of rotatable bonds is 6. The van der Waals surface area contributed by atoms with Crippen LogP contribution in [-0.4, -0.2) is 0 Å². The van der Waals surface area contributed by atoms with Crippen molar-refractivity contribution in [3.63, 3.8) is 0 Å². The van der Waals surface area contributed by atoms with Crippen LogP contribution in [-0.2, 0) is 115 Å². The normalized spacial score (nSPS) is 10.1. The molecule has 0 heterocycles. The smallest absolute Gasteiger partial charge is 0.0622 e. The first-order valence-electron chi connectivity index (χ1n) is 14.2. The molecule has 6 rings (SSSR count). The molecule has 0 aromatic heterocycles. The van der Waals surface area contributed by atoms with Crippen LogP contribution in [0.2, 0.25) is 0 Å². The fourth-order valence-corrected chi connectivity index (χ4v) is 8.84. The summed E-state index contributed by atoms with van der Waals surface area (Å²) in [7, 11) is -0.818. The summed E-state index contributed by atoms with van der Waals surface area (Å²) >= 11 is 0. The Kier molecular flexibility index (Phi) is 95.7. The summed E-state index contributed by atoms with van der Waals surface area (Å²) in [5.41, 5.74) is 2.84. The first-order valence-corrected chi connectivity index (χ1v) is 16.9. The Hall–Kier alpha value is -2.78. The van der Waals surface area contributed by atoms with Crippen molar-refractivity contribution in [2.45, 2.75) is 0 Å². The summed E-state index contributed by atoms with van der Waals surface area (Å²) in [6, 6.07) is 43.1. The van der Waals surface area contributed by atoms with Gasteiger partial charge in [-0.25, -0.2) is 0 Å². The van der Waals surface area contributed by atoms with Crippen LogP contribution in [0.5, 0.6) is 0 Å². The number of hydrogen-bond donors (Lipinski definition) is 0. The van der Waals surface area contributed by atoms with Gasteiger partial charge in [0.1, 0.15) is 0 Å². The minimum Gasteiger partial charge on any atom is -0.0622 e. The maximum atomic E-state index is 7.50. The van der Waals surface area contributed by atoms with Crippen molar-refractivity contribution in [3.8, 4) is 0 Å². The van der Waals surface area contributed by atoms with Gasteiger partial charge in [0.2, 0.25) is 0 Å². The Bertz CT molecular complexity index is 1360. The summed E-state index contributed by atoms with van der Waals surface area (Å²) in [6.45, 7) is 45.0. The van der Waals surface area contributed by atoms with Gasteiger partial charge in [-0.15, -0.1) is 0 Å². The molecule has 10 radical (unpaired) electrons. The van der Waals surface area contributed by atoms with E-state index >= 15 is 0 Å². The van der Waals surface area contributed by atoms with Gasteiger partial charge < -0.3 is 0 Å². The SMILES string of the molecule is [C-]#[O+].[C-]#[O+].[C-]#[O+].[C-]#[O+].[C-]#[O+].[C-]#[O+].[C-]#[O+].[C-]#[O+].[C-]#[O+].[C-]#[O+].[CH]1[CH][CH][C](P(c2ccccc2)c2ccccc2)[CH]1.[CH]1[CH][CH][C](P(c2ccccc2)c2ccccc2)[CH]1.[Fe+2].[Fe].[Fe].[Fe]. The van der Waals surface area contributed by atoms with E-state index in [0.29, 0.717) is 0 Å². The average molecular weight is 1000 g/mol. The molecule has 4 aromatic carbocycles. The largest absolute Gasteiger partial charge is 2.00 e. The Morgan fingerprint density at radius 2 is 0.383 bits per heavy atom. The van der Waals surface area contributed by atoms with Crippen LogP contribution in [0.15, 0.2) is 121 Å². The van der Waals surface area contributed by atoms with Gasteiger partial charge in [0.05, 0.1) is 0 Å². The minimum atomic E-state index is -0.409. The van der Waals surface area contributed by atoms with Crippen molar-refractivity contribution in [1.82, 2.24) is 0 Å². The molecule has 60 heavy (non-hydrogen) atoms. The second-order valence-corrected chi connectivity index (χ2v) is 12.7. The van der Waals surface area contributed by atoms with E-state index in [4.69, 9.17) is 46.5 Å². The molecule has 2 aliphatic rings. The second kappa shape index (κ2) is 70.8. The molecule has 2 fully saturated rings. The van der Waals surface area contributed by atoms with Crippen LogP contribution in [0.3, 0.4) is 0 Å². The molecular weight excluding hydrogens is 974 g/mol. The second-order valence-electron chi connectivity index (χ2n) is 8.30. The van der Waals surface area contributed by atoms with E-state index in [1.807, 2.05) is 0 Å². The van der Waals surface area contributed by atoms with Crippen LogP contribution >= 0.6 is 15.8 Å². The third-order valence-electron chi connectivity index (χ3n) is 5.86. The topological polar surface area (TPSA) is 199 Å². The molecule has 2 saturated carbocycles. The van der Waals surface area contributed by atoms with Crippen molar-refractivity contribution in [1.29, 1.82) is 0 Å². The molecule has 0 bridgehead atoms. The maximum Gasteiger partial charge on any atom is 2.00 e. The monoisotopic (exact) mass is 1000 g/mol. The molecule has 0 N–H and O–H groups in total. The van der Waals surface area contributed by atoms with Gasteiger partial charge in [0.25, 0.3) is 0 Å². The minimum absolute atomic E-state index is 0. The summed E-state index contributed by atoms with van der Waals surface area (Å²) in [4.78, 5) is 0. The van der Waals surface area contributed by atoms with Crippen LogP contribution in [0.25, 0.3) is 0 Å². The Labute approximate surface area is 399 Å². The van der Waals surface area contributed by atoms with Crippen molar-refractivity contribution < 1.29 is 115 Å².